The summed E-state index contributed by atoms with van der Waals surface area (Å²) >= 11 is 0. The lowest BCUT2D eigenvalue weighted by Gasteiger charge is -2.18. The van der Waals surface area contributed by atoms with Gasteiger partial charge in [0.25, 0.3) is 0 Å². The van der Waals surface area contributed by atoms with Gasteiger partial charge in [0.1, 0.15) is 13.5 Å². The Kier molecular flexibility index (Phi) is 4.20. The van der Waals surface area contributed by atoms with Crippen LogP contribution in [0.25, 0.3) is 0 Å². The van der Waals surface area contributed by atoms with Crippen molar-refractivity contribution in [1.82, 2.24) is 15.0 Å². The van der Waals surface area contributed by atoms with Crippen LogP contribution in [0.5, 0.6) is 0 Å². The Morgan fingerprint density at radius 1 is 1.00 bits per heavy atom. The van der Waals surface area contributed by atoms with Gasteiger partial charge in [-0.05, 0) is 0 Å². The Hall–Kier alpha value is -1.67. The molecule has 1 heterocycles. The van der Waals surface area contributed by atoms with Gasteiger partial charge in [0.15, 0.2) is 0 Å². The zero-order valence-electron chi connectivity index (χ0n) is 9.54. The number of aliphatic hydroxyl groups is 2. The van der Waals surface area contributed by atoms with Gasteiger partial charge in [-0.25, -0.2) is 0 Å². The van der Waals surface area contributed by atoms with Crippen LogP contribution in [0.1, 0.15) is 0 Å². The smallest absolute Gasteiger partial charge is 0.233 e. The van der Waals surface area contributed by atoms with E-state index in [0.717, 1.165) is 0 Å². The molecule has 0 bridgehead atoms. The first-order chi connectivity index (χ1) is 7.62. The van der Waals surface area contributed by atoms with Gasteiger partial charge in [-0.2, -0.15) is 15.0 Å². The molecule has 0 fully saturated rings. The first-order valence-corrected chi connectivity index (χ1v) is 4.70. The predicted octanol–water partition coefficient (Wildman–Crippen LogP) is -1.31. The molecule has 0 aromatic carbocycles. The van der Waals surface area contributed by atoms with Crippen LogP contribution in [-0.2, 0) is 0 Å². The fraction of sp³-hybridized carbons (Fsp3) is 0.625. The highest BCUT2D eigenvalue weighted by atomic mass is 16.3. The summed E-state index contributed by atoms with van der Waals surface area (Å²) in [6, 6.07) is 0. The molecule has 8 nitrogen and oxygen atoms in total. The van der Waals surface area contributed by atoms with Gasteiger partial charge in [0.2, 0.25) is 17.8 Å². The molecule has 3 N–H and O–H groups in total. The molecule has 90 valence electrons. The topological polar surface area (TPSA) is 97.6 Å². The zero-order chi connectivity index (χ0) is 12.1. The highest BCUT2D eigenvalue weighted by Crippen LogP contribution is 2.13. The van der Waals surface area contributed by atoms with Crippen LogP contribution in [0.4, 0.5) is 17.8 Å². The van der Waals surface area contributed by atoms with Gasteiger partial charge in [-0.3, -0.25) is 0 Å². The van der Waals surface area contributed by atoms with Gasteiger partial charge in [-0.1, -0.05) is 0 Å². The summed E-state index contributed by atoms with van der Waals surface area (Å²) in [5, 5.41) is 20.7. The minimum Gasteiger partial charge on any atom is -0.376 e. The van der Waals surface area contributed by atoms with Crippen molar-refractivity contribution in [2.24, 2.45) is 0 Å². The molecule has 0 amide bonds. The van der Waals surface area contributed by atoms with Crippen LogP contribution in [0.2, 0.25) is 0 Å². The highest BCUT2D eigenvalue weighted by Gasteiger charge is 2.11. The number of nitrogens with zero attached hydrogens (tertiary/aromatic N) is 5. The van der Waals surface area contributed by atoms with Crippen molar-refractivity contribution in [3.8, 4) is 0 Å². The molecule has 1 rings (SSSR count). The van der Waals surface area contributed by atoms with Gasteiger partial charge in [0, 0.05) is 21.1 Å². The van der Waals surface area contributed by atoms with Crippen LogP contribution in [0.3, 0.4) is 0 Å². The molecule has 8 heteroatoms. The lowest BCUT2D eigenvalue weighted by Crippen LogP contribution is -2.25. The molecule has 16 heavy (non-hydrogen) atoms. The quantitative estimate of drug-likeness (QED) is 0.534. The second kappa shape index (κ2) is 5.42. The van der Waals surface area contributed by atoms with Crippen molar-refractivity contribution in [2.75, 3.05) is 49.7 Å². The number of aliphatic hydroxyl groups excluding tert-OH is 2. The van der Waals surface area contributed by atoms with Crippen molar-refractivity contribution in [1.29, 1.82) is 0 Å². The average Bonchev–Trinajstić information content (AvgIpc) is 2.35. The summed E-state index contributed by atoms with van der Waals surface area (Å²) in [7, 11) is 4.98. The number of nitrogens with one attached hydrogen (secondary N) is 1. The van der Waals surface area contributed by atoms with E-state index in [0.29, 0.717) is 17.8 Å². The molecule has 0 unspecified atom stereocenters. The minimum absolute atomic E-state index is 0.199. The molecule has 1 aromatic rings. The Bertz CT molecular complexity index is 319. The van der Waals surface area contributed by atoms with Crippen LogP contribution >= 0.6 is 0 Å². The summed E-state index contributed by atoms with van der Waals surface area (Å²) in [4.78, 5) is 15.1. The fourth-order valence-electron chi connectivity index (χ4n) is 0.934. The third kappa shape index (κ3) is 2.67. The maximum Gasteiger partial charge on any atom is 0.233 e. The van der Waals surface area contributed by atoms with Crippen LogP contribution < -0.4 is 15.1 Å². The molecular weight excluding hydrogens is 212 g/mol. The lowest BCUT2D eigenvalue weighted by atomic mass is 10.7. The van der Waals surface area contributed by atoms with Gasteiger partial charge in [0.05, 0.1) is 0 Å². The summed E-state index contributed by atoms with van der Waals surface area (Å²) in [5.41, 5.74) is 0. The molecule has 0 saturated carbocycles. The maximum absolute atomic E-state index is 8.98. The van der Waals surface area contributed by atoms with E-state index in [4.69, 9.17) is 10.2 Å². The van der Waals surface area contributed by atoms with Crippen molar-refractivity contribution >= 4 is 17.8 Å². The summed E-state index contributed by atoms with van der Waals surface area (Å²) in [5.74, 6) is 1.04. The molecule has 0 spiro atoms. The van der Waals surface area contributed by atoms with Crippen molar-refractivity contribution < 1.29 is 10.2 Å². The maximum atomic E-state index is 8.98. The van der Waals surface area contributed by atoms with E-state index in [-0.39, 0.29) is 13.5 Å². The standard InChI is InChI=1S/C8H16N6O2/c1-9-6-10-7(13(2)4-15)12-8(11-6)14(3)5-16/h15-16H,4-5H2,1-3H3,(H,9,10,11,12). The largest absolute Gasteiger partial charge is 0.376 e. The third-order valence-electron chi connectivity index (χ3n) is 1.94. The first kappa shape index (κ1) is 12.4. The second-order valence-electron chi connectivity index (χ2n) is 3.19. The number of anilines is 3. The Labute approximate surface area is 93.6 Å². The van der Waals surface area contributed by atoms with E-state index in [1.54, 1.807) is 21.1 Å². The molecule has 1 aromatic heterocycles. The normalized spacial score (nSPS) is 10.1. The van der Waals surface area contributed by atoms with E-state index in [1.807, 2.05) is 0 Å². The molecule has 0 atom stereocenters. The third-order valence-corrected chi connectivity index (χ3v) is 1.94. The van der Waals surface area contributed by atoms with Gasteiger partial charge in [-0.15, -0.1) is 0 Å². The average molecular weight is 228 g/mol. The number of rotatable bonds is 5. The summed E-state index contributed by atoms with van der Waals surface area (Å²) in [6.07, 6.45) is 0. The SMILES string of the molecule is CNc1nc(N(C)CO)nc(N(C)CO)n1. The number of hydrogen-bond acceptors (Lipinski definition) is 8. The number of hydrogen-bond donors (Lipinski definition) is 3. The Morgan fingerprint density at radius 2 is 1.44 bits per heavy atom. The van der Waals surface area contributed by atoms with E-state index in [2.05, 4.69) is 20.3 Å². The number of aromatic nitrogens is 3. The highest BCUT2D eigenvalue weighted by molar-refractivity contribution is 5.43. The van der Waals surface area contributed by atoms with Crippen LogP contribution in [0.15, 0.2) is 0 Å². The van der Waals surface area contributed by atoms with Crippen LogP contribution in [0, 0.1) is 0 Å². The van der Waals surface area contributed by atoms with Crippen molar-refractivity contribution in [2.45, 2.75) is 0 Å². The van der Waals surface area contributed by atoms with Crippen molar-refractivity contribution in [3.05, 3.63) is 0 Å². The summed E-state index contributed by atoms with van der Waals surface area (Å²) in [6.45, 7) is -0.398. The molecule has 0 aliphatic rings. The molecule has 0 aliphatic carbocycles. The molecule has 0 saturated heterocycles. The van der Waals surface area contributed by atoms with Crippen LogP contribution in [-0.4, -0.2) is 59.8 Å². The van der Waals surface area contributed by atoms with Gasteiger partial charge < -0.3 is 25.3 Å². The molecule has 0 aliphatic heterocycles. The lowest BCUT2D eigenvalue weighted by molar-refractivity contribution is 0.294. The zero-order valence-corrected chi connectivity index (χ0v) is 9.54. The minimum atomic E-state index is -0.199. The Balaban J connectivity index is 3.10. The fourth-order valence-corrected chi connectivity index (χ4v) is 0.934. The monoisotopic (exact) mass is 228 g/mol. The van der Waals surface area contributed by atoms with E-state index in [1.165, 1.54) is 9.80 Å². The van der Waals surface area contributed by atoms with E-state index < -0.39 is 0 Å². The van der Waals surface area contributed by atoms with E-state index in [9.17, 15) is 0 Å². The summed E-state index contributed by atoms with van der Waals surface area (Å²) < 4.78 is 0. The van der Waals surface area contributed by atoms with Crippen molar-refractivity contribution in [3.63, 3.8) is 0 Å². The second-order valence-corrected chi connectivity index (χ2v) is 3.19. The van der Waals surface area contributed by atoms with E-state index >= 15 is 0 Å². The molecular formula is C8H16N6O2. The Morgan fingerprint density at radius 3 is 1.75 bits per heavy atom. The first-order valence-electron chi connectivity index (χ1n) is 4.70. The molecule has 0 radical (unpaired) electrons. The van der Waals surface area contributed by atoms with Gasteiger partial charge >= 0.3 is 0 Å². The predicted molar refractivity (Wildman–Crippen MR) is 60.4 cm³/mol.